The van der Waals surface area contributed by atoms with Gasteiger partial charge in [0.15, 0.2) is 0 Å². The molecule has 4 heteroatoms. The Kier molecular flexibility index (Phi) is 2.44. The molecular formula is C10H11ClN2O. The monoisotopic (exact) mass is 210 g/mol. The summed E-state index contributed by atoms with van der Waals surface area (Å²) in [6.45, 7) is 0. The minimum absolute atomic E-state index is 0.0116. The maximum absolute atomic E-state index is 11.1. The van der Waals surface area contributed by atoms with Crippen LogP contribution in [0.25, 0.3) is 0 Å². The summed E-state index contributed by atoms with van der Waals surface area (Å²) < 4.78 is 0. The van der Waals surface area contributed by atoms with Crippen LogP contribution < -0.4 is 11.1 Å². The molecule has 0 spiro atoms. The molecule has 2 unspecified atom stereocenters. The third kappa shape index (κ3) is 1.61. The summed E-state index contributed by atoms with van der Waals surface area (Å²) in [5.74, 6) is -0.0116. The fourth-order valence-electron chi connectivity index (χ4n) is 1.71. The van der Waals surface area contributed by atoms with Crippen LogP contribution >= 0.6 is 11.6 Å². The molecular weight excluding hydrogens is 200 g/mol. The van der Waals surface area contributed by atoms with E-state index in [-0.39, 0.29) is 18.0 Å². The number of nitrogens with one attached hydrogen (secondary N) is 1. The minimum atomic E-state index is -0.178. The number of carbonyl (C=O) groups is 1. The minimum Gasteiger partial charge on any atom is -0.348 e. The van der Waals surface area contributed by atoms with Crippen molar-refractivity contribution < 1.29 is 4.79 Å². The second kappa shape index (κ2) is 3.59. The van der Waals surface area contributed by atoms with Crippen LogP contribution in [-0.2, 0) is 4.79 Å². The van der Waals surface area contributed by atoms with Gasteiger partial charge in [0.2, 0.25) is 5.91 Å². The number of halogens is 1. The molecule has 0 aromatic heterocycles. The molecule has 0 bridgehead atoms. The number of nitrogens with two attached hydrogens (primary N) is 1. The van der Waals surface area contributed by atoms with E-state index >= 15 is 0 Å². The topological polar surface area (TPSA) is 55.1 Å². The molecule has 74 valence electrons. The van der Waals surface area contributed by atoms with Gasteiger partial charge < -0.3 is 11.1 Å². The van der Waals surface area contributed by atoms with E-state index in [2.05, 4.69) is 5.32 Å². The molecule has 1 amide bonds. The first-order valence-electron chi connectivity index (χ1n) is 4.48. The Balaban J connectivity index is 2.32. The highest BCUT2D eigenvalue weighted by Crippen LogP contribution is 2.28. The normalized spacial score (nSPS) is 26.3. The van der Waals surface area contributed by atoms with Crippen molar-refractivity contribution in [2.75, 3.05) is 0 Å². The lowest BCUT2D eigenvalue weighted by molar-refractivity contribution is -0.119. The molecule has 1 aliphatic heterocycles. The zero-order chi connectivity index (χ0) is 10.1. The summed E-state index contributed by atoms with van der Waals surface area (Å²) in [5.41, 5.74) is 6.72. The lowest BCUT2D eigenvalue weighted by Crippen LogP contribution is -2.28. The van der Waals surface area contributed by atoms with Gasteiger partial charge in [-0.05, 0) is 11.6 Å². The van der Waals surface area contributed by atoms with E-state index in [0.717, 1.165) is 5.56 Å². The SMILES string of the molecule is NC1CC(=O)NC1c1ccccc1Cl. The fraction of sp³-hybridized carbons (Fsp3) is 0.300. The smallest absolute Gasteiger partial charge is 0.222 e. The van der Waals surface area contributed by atoms with Crippen molar-refractivity contribution in [1.29, 1.82) is 0 Å². The third-order valence-electron chi connectivity index (χ3n) is 2.41. The fourth-order valence-corrected chi connectivity index (χ4v) is 1.96. The predicted octanol–water partition coefficient (Wildman–Crippen LogP) is 1.23. The molecule has 0 radical (unpaired) electrons. The van der Waals surface area contributed by atoms with E-state index in [0.29, 0.717) is 11.4 Å². The van der Waals surface area contributed by atoms with E-state index < -0.39 is 0 Å². The Hall–Kier alpha value is -1.06. The lowest BCUT2D eigenvalue weighted by Gasteiger charge is -2.16. The number of carbonyl (C=O) groups excluding carboxylic acids is 1. The molecule has 2 atom stereocenters. The van der Waals surface area contributed by atoms with E-state index in [9.17, 15) is 4.79 Å². The predicted molar refractivity (Wildman–Crippen MR) is 54.9 cm³/mol. The van der Waals surface area contributed by atoms with Crippen LogP contribution in [-0.4, -0.2) is 11.9 Å². The molecule has 1 aliphatic rings. The molecule has 14 heavy (non-hydrogen) atoms. The highest BCUT2D eigenvalue weighted by molar-refractivity contribution is 6.31. The van der Waals surface area contributed by atoms with Gasteiger partial charge in [-0.1, -0.05) is 29.8 Å². The maximum Gasteiger partial charge on any atom is 0.222 e. The molecule has 2 rings (SSSR count). The van der Waals surface area contributed by atoms with Crippen molar-refractivity contribution in [1.82, 2.24) is 5.32 Å². The standard InChI is InChI=1S/C10H11ClN2O/c11-7-4-2-1-3-6(7)10-8(12)5-9(14)13-10/h1-4,8,10H,5,12H2,(H,13,14). The van der Waals surface area contributed by atoms with Gasteiger partial charge in [-0.2, -0.15) is 0 Å². The van der Waals surface area contributed by atoms with Crippen LogP contribution in [0.2, 0.25) is 5.02 Å². The first-order valence-corrected chi connectivity index (χ1v) is 4.85. The molecule has 1 heterocycles. The van der Waals surface area contributed by atoms with Crippen molar-refractivity contribution in [2.45, 2.75) is 18.5 Å². The van der Waals surface area contributed by atoms with Crippen molar-refractivity contribution in [2.24, 2.45) is 5.73 Å². The van der Waals surface area contributed by atoms with Gasteiger partial charge in [-0.3, -0.25) is 4.79 Å². The van der Waals surface area contributed by atoms with E-state index in [1.165, 1.54) is 0 Å². The summed E-state index contributed by atoms with van der Waals surface area (Å²) in [7, 11) is 0. The van der Waals surface area contributed by atoms with Crippen molar-refractivity contribution in [3.63, 3.8) is 0 Å². The summed E-state index contributed by atoms with van der Waals surface area (Å²) in [5, 5.41) is 3.46. The van der Waals surface area contributed by atoms with Gasteiger partial charge in [0, 0.05) is 17.5 Å². The summed E-state index contributed by atoms with van der Waals surface area (Å²) in [6.07, 6.45) is 0.371. The number of hydrogen-bond acceptors (Lipinski definition) is 2. The molecule has 0 saturated carbocycles. The molecule has 1 aromatic carbocycles. The van der Waals surface area contributed by atoms with Crippen LogP contribution in [0, 0.1) is 0 Å². The molecule has 0 aliphatic carbocycles. The van der Waals surface area contributed by atoms with Gasteiger partial charge >= 0.3 is 0 Å². The molecule has 3 nitrogen and oxygen atoms in total. The first kappa shape index (κ1) is 9.49. The number of hydrogen-bond donors (Lipinski definition) is 2. The number of amides is 1. The molecule has 3 N–H and O–H groups in total. The Morgan fingerprint density at radius 1 is 1.43 bits per heavy atom. The average molecular weight is 211 g/mol. The Labute approximate surface area is 87.2 Å². The number of rotatable bonds is 1. The summed E-state index contributed by atoms with van der Waals surface area (Å²) in [6, 6.07) is 7.11. The molecule has 1 aromatic rings. The Morgan fingerprint density at radius 3 is 2.71 bits per heavy atom. The van der Waals surface area contributed by atoms with Gasteiger partial charge in [-0.15, -0.1) is 0 Å². The lowest BCUT2D eigenvalue weighted by atomic mass is 10.0. The molecule has 1 saturated heterocycles. The largest absolute Gasteiger partial charge is 0.348 e. The average Bonchev–Trinajstić information content (AvgIpc) is 2.46. The van der Waals surface area contributed by atoms with Gasteiger partial charge in [0.05, 0.1) is 6.04 Å². The summed E-state index contributed by atoms with van der Waals surface area (Å²) >= 11 is 6.01. The van der Waals surface area contributed by atoms with E-state index in [1.54, 1.807) is 6.07 Å². The third-order valence-corrected chi connectivity index (χ3v) is 2.75. The second-order valence-electron chi connectivity index (χ2n) is 3.43. The van der Waals surface area contributed by atoms with Crippen LogP contribution in [0.15, 0.2) is 24.3 Å². The number of benzene rings is 1. The summed E-state index contributed by atoms with van der Waals surface area (Å²) in [4.78, 5) is 11.1. The van der Waals surface area contributed by atoms with Gasteiger partial charge in [-0.25, -0.2) is 0 Å². The van der Waals surface area contributed by atoms with E-state index in [4.69, 9.17) is 17.3 Å². The quantitative estimate of drug-likeness (QED) is 0.733. The zero-order valence-electron chi connectivity index (χ0n) is 7.53. The van der Waals surface area contributed by atoms with Crippen LogP contribution in [0.3, 0.4) is 0 Å². The van der Waals surface area contributed by atoms with Crippen molar-refractivity contribution in [3.8, 4) is 0 Å². The van der Waals surface area contributed by atoms with Crippen molar-refractivity contribution in [3.05, 3.63) is 34.9 Å². The Morgan fingerprint density at radius 2 is 2.14 bits per heavy atom. The van der Waals surface area contributed by atoms with Crippen molar-refractivity contribution >= 4 is 17.5 Å². The highest BCUT2D eigenvalue weighted by atomic mass is 35.5. The van der Waals surface area contributed by atoms with Crippen LogP contribution in [0.5, 0.6) is 0 Å². The van der Waals surface area contributed by atoms with Gasteiger partial charge in [0.25, 0.3) is 0 Å². The second-order valence-corrected chi connectivity index (χ2v) is 3.84. The first-order chi connectivity index (χ1) is 6.68. The maximum atomic E-state index is 11.1. The zero-order valence-corrected chi connectivity index (χ0v) is 8.29. The Bertz CT molecular complexity index is 367. The highest BCUT2D eigenvalue weighted by Gasteiger charge is 2.31. The van der Waals surface area contributed by atoms with Gasteiger partial charge in [0.1, 0.15) is 0 Å². The van der Waals surface area contributed by atoms with E-state index in [1.807, 2.05) is 18.2 Å². The molecule has 1 fully saturated rings. The van der Waals surface area contributed by atoms with Crippen LogP contribution in [0.1, 0.15) is 18.0 Å². The van der Waals surface area contributed by atoms with Crippen LogP contribution in [0.4, 0.5) is 0 Å².